The van der Waals surface area contributed by atoms with Crippen molar-refractivity contribution in [2.45, 2.75) is 0 Å². The molecule has 0 aliphatic carbocycles. The van der Waals surface area contributed by atoms with Gasteiger partial charge in [0.25, 0.3) is 0 Å². The third-order valence-corrected chi connectivity index (χ3v) is 19.2. The Hall–Kier alpha value is -11.2. The summed E-state index contributed by atoms with van der Waals surface area (Å²) in [6, 6.07) is 109. The van der Waals surface area contributed by atoms with Crippen LogP contribution >= 0.6 is 0 Å². The highest BCUT2D eigenvalue weighted by atomic mass is 15.2. The predicted molar refractivity (Wildman–Crippen MR) is 362 cm³/mol. The van der Waals surface area contributed by atoms with Crippen LogP contribution in [0.1, 0.15) is 0 Å². The topological polar surface area (TPSA) is 24.5 Å². The highest BCUT2D eigenvalue weighted by molar-refractivity contribution is 7.09. The number of hydrogen-bond donors (Lipinski definition) is 0. The van der Waals surface area contributed by atoms with Crippen LogP contribution in [-0.2, 0) is 0 Å². The summed E-state index contributed by atoms with van der Waals surface area (Å²) < 4.78 is 10.8. The summed E-state index contributed by atoms with van der Waals surface area (Å²) >= 11 is 0. The molecule has 4 aliphatic rings. The van der Waals surface area contributed by atoms with Crippen LogP contribution in [0.4, 0.5) is 39.8 Å². The number of aromatic nitrogens is 3. The Morgan fingerprint density at radius 3 is 1.13 bits per heavy atom. The molecule has 3 aromatic heterocycles. The van der Waals surface area contributed by atoms with Crippen molar-refractivity contribution in [3.05, 3.63) is 291 Å². The van der Waals surface area contributed by atoms with E-state index in [2.05, 4.69) is 319 Å². The van der Waals surface area contributed by atoms with Crippen LogP contribution in [0.5, 0.6) is 0 Å². The van der Waals surface area contributed by atoms with Crippen LogP contribution in [0, 0.1) is 0 Å². The van der Waals surface area contributed by atoms with Crippen LogP contribution < -0.4 is 36.4 Å². The number of hydrogen-bond acceptors (Lipinski definition) is 3. The van der Waals surface area contributed by atoms with Crippen molar-refractivity contribution in [1.82, 2.24) is 13.7 Å². The zero-order valence-corrected chi connectivity index (χ0v) is 46.6. The Morgan fingerprint density at radius 1 is 0.267 bits per heavy atom. The molecular weight excluding hydrogens is 1040 g/mol. The van der Waals surface area contributed by atoms with Gasteiger partial charge in [0.05, 0.1) is 33.1 Å². The van der Waals surface area contributed by atoms with Gasteiger partial charge in [-0.25, -0.2) is 0 Å². The quantitative estimate of drug-likeness (QED) is 0.149. The average molecular weight is 1090 g/mol. The van der Waals surface area contributed by atoms with Gasteiger partial charge in [-0.05, 0) is 142 Å². The molecule has 4 aliphatic heterocycles. The highest BCUT2D eigenvalue weighted by Crippen LogP contribution is 2.56. The van der Waals surface area contributed by atoms with Crippen molar-refractivity contribution in [2.24, 2.45) is 0 Å². The van der Waals surface area contributed by atoms with Gasteiger partial charge in [0.2, 0.25) is 0 Å². The van der Waals surface area contributed by atoms with E-state index in [0.29, 0.717) is 0 Å². The molecule has 0 radical (unpaired) electrons. The monoisotopic (exact) mass is 1090 g/mol. The molecule has 13 aromatic carbocycles. The predicted octanol–water partition coefficient (Wildman–Crippen LogP) is 16.9. The van der Waals surface area contributed by atoms with E-state index in [-0.39, 0.29) is 13.7 Å². The van der Waals surface area contributed by atoms with Gasteiger partial charge in [0, 0.05) is 100 Å². The van der Waals surface area contributed by atoms with Gasteiger partial charge in [-0.3, -0.25) is 0 Å². The molecular formula is C78H48B2N6. The van der Waals surface area contributed by atoms with Gasteiger partial charge in [-0.2, -0.15) is 0 Å². The SMILES string of the molecule is c1ccc(N(c2ccccc2)c2cc3c4c(c2)-n2c5ccccc5c5cccc(c52)B4N2B4c5c(cc(N(c6ccccc6)c6ccccc6)cc5-n5c6ccccc6c6cccc4c65)-c4c2c-3cc2c3ccccc3n(-c3ccccc3)c42)cc1. The minimum absolute atomic E-state index is 0.211. The second-order valence-electron chi connectivity index (χ2n) is 23.5. The summed E-state index contributed by atoms with van der Waals surface area (Å²) in [5, 5.41) is 7.47. The summed E-state index contributed by atoms with van der Waals surface area (Å²) in [7, 11) is 0. The second-order valence-corrected chi connectivity index (χ2v) is 23.5. The maximum atomic E-state index is 2.93. The molecule has 0 fully saturated rings. The molecule has 0 amide bonds. The van der Waals surface area contributed by atoms with Gasteiger partial charge in [-0.1, -0.05) is 182 Å². The summed E-state index contributed by atoms with van der Waals surface area (Å²) in [4.78, 5) is 4.93. The van der Waals surface area contributed by atoms with Crippen molar-refractivity contribution in [2.75, 3.05) is 14.5 Å². The van der Waals surface area contributed by atoms with E-state index in [1.54, 1.807) is 0 Å². The van der Waals surface area contributed by atoms with Crippen molar-refractivity contribution in [1.29, 1.82) is 0 Å². The van der Waals surface area contributed by atoms with E-state index < -0.39 is 0 Å². The van der Waals surface area contributed by atoms with Crippen molar-refractivity contribution < 1.29 is 0 Å². The summed E-state index contributed by atoms with van der Waals surface area (Å²) in [5.41, 5.74) is 28.8. The Bertz CT molecular complexity index is 5470. The van der Waals surface area contributed by atoms with Crippen LogP contribution in [0.3, 0.4) is 0 Å². The third kappa shape index (κ3) is 6.01. The number of para-hydroxylation sites is 10. The maximum absolute atomic E-state index is 2.93. The minimum atomic E-state index is -0.211. The number of benzene rings is 13. The maximum Gasteiger partial charge on any atom is 0.316 e. The molecule has 396 valence electrons. The normalized spacial score (nSPS) is 13.0. The van der Waals surface area contributed by atoms with E-state index >= 15 is 0 Å². The first-order valence-corrected chi connectivity index (χ1v) is 29.9. The lowest BCUT2D eigenvalue weighted by atomic mass is 9.32. The van der Waals surface area contributed by atoms with E-state index in [4.69, 9.17) is 0 Å². The number of rotatable bonds is 7. The lowest BCUT2D eigenvalue weighted by molar-refractivity contribution is 1.16. The van der Waals surface area contributed by atoms with Crippen LogP contribution in [0.2, 0.25) is 0 Å². The van der Waals surface area contributed by atoms with Crippen molar-refractivity contribution in [3.8, 4) is 39.3 Å². The number of anilines is 7. The fourth-order valence-corrected chi connectivity index (χ4v) is 16.1. The Kier molecular flexibility index (Phi) is 9.26. The molecule has 86 heavy (non-hydrogen) atoms. The molecule has 8 heteroatoms. The largest absolute Gasteiger partial charge is 0.444 e. The van der Waals surface area contributed by atoms with Crippen LogP contribution in [0.15, 0.2) is 291 Å². The Morgan fingerprint density at radius 2 is 0.651 bits per heavy atom. The van der Waals surface area contributed by atoms with Crippen molar-refractivity contribution in [3.63, 3.8) is 0 Å². The smallest absolute Gasteiger partial charge is 0.316 e. The second kappa shape index (κ2) is 17.2. The van der Waals surface area contributed by atoms with E-state index in [0.717, 1.165) is 39.8 Å². The lowest BCUT2D eigenvalue weighted by Gasteiger charge is -2.51. The van der Waals surface area contributed by atoms with Gasteiger partial charge < -0.3 is 28.2 Å². The molecule has 0 unspecified atom stereocenters. The molecule has 0 spiro atoms. The fourth-order valence-electron chi connectivity index (χ4n) is 16.1. The standard InChI is InChI=1S/C78H48B2N6/c1-6-24-49(25-7-1)81(50-26-8-2-9-27-50)54-44-61-63-48-62-58-36-18-19-41-67(58)83(53-32-14-5-15-33-53)77(62)72-64-45-55(82(51-28-10-3-11-29-51)52-30-12-4-13-31-52)47-71-74(64)80(66-40-23-38-60-57-35-17-21-43-69(57)85(71)76(60)66)86(78(63)72)79-65-39-22-37-59-56-34-16-20-42-68(56)84(75(59)65)70(46-54)73(61)79/h1-48H. The summed E-state index contributed by atoms with van der Waals surface area (Å²) in [6.07, 6.45) is 0. The molecule has 20 rings (SSSR count). The molecule has 0 saturated heterocycles. The highest BCUT2D eigenvalue weighted by Gasteiger charge is 2.54. The summed E-state index contributed by atoms with van der Waals surface area (Å²) in [5.74, 6) is 0. The van der Waals surface area contributed by atoms with E-state index in [1.807, 2.05) is 0 Å². The van der Waals surface area contributed by atoms with Gasteiger partial charge >= 0.3 is 13.7 Å². The third-order valence-electron chi connectivity index (χ3n) is 19.2. The van der Waals surface area contributed by atoms with Gasteiger partial charge in [0.1, 0.15) is 0 Å². The molecule has 0 saturated carbocycles. The van der Waals surface area contributed by atoms with Gasteiger partial charge in [-0.15, -0.1) is 0 Å². The lowest BCUT2D eigenvalue weighted by Crippen LogP contribution is -2.74. The van der Waals surface area contributed by atoms with Gasteiger partial charge in [0.15, 0.2) is 0 Å². The van der Waals surface area contributed by atoms with Crippen LogP contribution in [-0.4, -0.2) is 27.4 Å². The fraction of sp³-hybridized carbons (Fsp3) is 0. The van der Waals surface area contributed by atoms with E-state index in [1.165, 1.54) is 127 Å². The first-order chi connectivity index (χ1) is 42.7. The Balaban J connectivity index is 1.02. The van der Waals surface area contributed by atoms with E-state index in [9.17, 15) is 0 Å². The molecule has 0 bridgehead atoms. The first-order valence-electron chi connectivity index (χ1n) is 29.9. The zero-order chi connectivity index (χ0) is 55.9. The molecule has 7 heterocycles. The van der Waals surface area contributed by atoms with Crippen molar-refractivity contribution >= 4 is 141 Å². The molecule has 0 atom stereocenters. The molecule has 16 aromatic rings. The Labute approximate surface area is 496 Å². The zero-order valence-electron chi connectivity index (χ0n) is 46.6. The first kappa shape index (κ1) is 46.3. The summed E-state index contributed by atoms with van der Waals surface area (Å²) in [6.45, 7) is -0.423. The molecule has 0 N–H and O–H groups in total. The van der Waals surface area contributed by atoms with Crippen LogP contribution in [0.25, 0.3) is 105 Å². The number of nitrogens with zero attached hydrogens (tertiary/aromatic N) is 6. The minimum Gasteiger partial charge on any atom is -0.444 e. The number of fused-ring (bicyclic) bond motifs is 18. The average Bonchev–Trinajstić information content (AvgIpc) is 1.21. The molecule has 6 nitrogen and oxygen atoms in total.